The van der Waals surface area contributed by atoms with Crippen LogP contribution >= 0.6 is 0 Å². The first-order valence-corrected chi connectivity index (χ1v) is 9.88. The number of carbonyl (C=O) groups excluding carboxylic acids is 1. The van der Waals surface area contributed by atoms with Crippen molar-refractivity contribution in [3.63, 3.8) is 0 Å². The highest BCUT2D eigenvalue weighted by Gasteiger charge is 2.28. The zero-order valence-electron chi connectivity index (χ0n) is 16.6. The summed E-state index contributed by atoms with van der Waals surface area (Å²) in [6.07, 6.45) is 6.49. The van der Waals surface area contributed by atoms with Gasteiger partial charge in [-0.3, -0.25) is 9.48 Å². The largest absolute Gasteiger partial charge is 0.339 e. The van der Waals surface area contributed by atoms with Gasteiger partial charge in [-0.2, -0.15) is 10.1 Å². The minimum Gasteiger partial charge on any atom is -0.339 e. The monoisotopic (exact) mass is 397 g/mol. The molecule has 0 fully saturated rings. The van der Waals surface area contributed by atoms with Crippen molar-refractivity contribution in [1.29, 1.82) is 0 Å². The zero-order valence-corrected chi connectivity index (χ0v) is 16.6. The molecule has 0 spiro atoms. The average Bonchev–Trinajstić information content (AvgIpc) is 3.35. The summed E-state index contributed by atoms with van der Waals surface area (Å²) in [7, 11) is 3.82. The molecule has 0 radical (unpaired) electrons. The van der Waals surface area contributed by atoms with Crippen molar-refractivity contribution in [2.75, 3.05) is 7.05 Å². The highest BCUT2D eigenvalue weighted by Crippen LogP contribution is 2.33. The molecule has 8 heteroatoms. The molecule has 152 valence electrons. The molecule has 1 atom stereocenters. The Morgan fingerprint density at radius 3 is 2.93 bits per heavy atom. The van der Waals surface area contributed by atoms with Gasteiger partial charge in [0.15, 0.2) is 0 Å². The topological polar surface area (TPSA) is 77.1 Å². The van der Waals surface area contributed by atoms with Gasteiger partial charge in [0.2, 0.25) is 17.6 Å². The van der Waals surface area contributed by atoms with E-state index in [0.29, 0.717) is 36.5 Å². The fourth-order valence-corrected chi connectivity index (χ4v) is 3.90. The number of halogens is 1. The van der Waals surface area contributed by atoms with E-state index in [2.05, 4.69) is 15.2 Å². The molecule has 1 unspecified atom stereocenters. The van der Waals surface area contributed by atoms with Gasteiger partial charge in [-0.05, 0) is 49.9 Å². The summed E-state index contributed by atoms with van der Waals surface area (Å²) in [5, 5.41) is 8.29. The van der Waals surface area contributed by atoms with E-state index in [0.717, 1.165) is 24.8 Å². The number of carbonyl (C=O) groups is 1. The van der Waals surface area contributed by atoms with E-state index in [1.54, 1.807) is 12.1 Å². The maximum Gasteiger partial charge on any atom is 0.226 e. The lowest BCUT2D eigenvalue weighted by molar-refractivity contribution is -0.132. The number of hydrogen-bond donors (Lipinski definition) is 0. The van der Waals surface area contributed by atoms with E-state index >= 15 is 0 Å². The minimum atomic E-state index is -0.309. The molecule has 0 saturated heterocycles. The molecule has 0 bridgehead atoms. The van der Waals surface area contributed by atoms with Crippen LogP contribution in [0.15, 0.2) is 35.0 Å². The van der Waals surface area contributed by atoms with Crippen LogP contribution in [0.25, 0.3) is 11.4 Å². The first-order chi connectivity index (χ1) is 14.0. The molecular weight excluding hydrogens is 373 g/mol. The lowest BCUT2D eigenvalue weighted by Crippen LogP contribution is -2.33. The van der Waals surface area contributed by atoms with Crippen molar-refractivity contribution in [2.24, 2.45) is 7.05 Å². The smallest absolute Gasteiger partial charge is 0.226 e. The number of rotatable bonds is 6. The molecule has 7 nitrogen and oxygen atoms in total. The highest BCUT2D eigenvalue weighted by molar-refractivity contribution is 5.76. The summed E-state index contributed by atoms with van der Waals surface area (Å²) in [6, 6.07) is 6.03. The van der Waals surface area contributed by atoms with Crippen molar-refractivity contribution in [1.82, 2.24) is 24.8 Å². The quantitative estimate of drug-likeness (QED) is 0.637. The Morgan fingerprint density at radius 1 is 1.34 bits per heavy atom. The fourth-order valence-electron chi connectivity index (χ4n) is 3.90. The highest BCUT2D eigenvalue weighted by atomic mass is 19.1. The molecule has 1 aliphatic carbocycles. The Kier molecular flexibility index (Phi) is 5.42. The molecular formula is C21H24FN5O2. The number of fused-ring (bicyclic) bond motifs is 1. The zero-order chi connectivity index (χ0) is 20.4. The van der Waals surface area contributed by atoms with Crippen LogP contribution in [-0.2, 0) is 24.7 Å². The third-order valence-corrected chi connectivity index (χ3v) is 5.56. The Labute approximate surface area is 168 Å². The van der Waals surface area contributed by atoms with Gasteiger partial charge < -0.3 is 9.42 Å². The summed E-state index contributed by atoms with van der Waals surface area (Å²) in [6.45, 7) is 0. The fraction of sp³-hybridized carbons (Fsp3) is 0.429. The number of nitrogens with zero attached hydrogens (tertiary/aromatic N) is 5. The van der Waals surface area contributed by atoms with Gasteiger partial charge in [0.1, 0.15) is 5.82 Å². The van der Waals surface area contributed by atoms with Crippen LogP contribution in [0.2, 0.25) is 0 Å². The van der Waals surface area contributed by atoms with Gasteiger partial charge in [-0.25, -0.2) is 4.39 Å². The van der Waals surface area contributed by atoms with Crippen molar-refractivity contribution < 1.29 is 13.7 Å². The van der Waals surface area contributed by atoms with Crippen LogP contribution in [0.3, 0.4) is 0 Å². The van der Waals surface area contributed by atoms with Gasteiger partial charge in [0, 0.05) is 43.8 Å². The minimum absolute atomic E-state index is 0.0911. The van der Waals surface area contributed by atoms with Gasteiger partial charge >= 0.3 is 0 Å². The van der Waals surface area contributed by atoms with Crippen LogP contribution in [0.4, 0.5) is 4.39 Å². The van der Waals surface area contributed by atoms with Crippen LogP contribution in [-0.4, -0.2) is 37.8 Å². The summed E-state index contributed by atoms with van der Waals surface area (Å²) < 4.78 is 20.2. The van der Waals surface area contributed by atoms with Crippen LogP contribution in [0, 0.1) is 5.82 Å². The second-order valence-corrected chi connectivity index (χ2v) is 7.46. The Hall–Kier alpha value is -3.03. The Bertz CT molecular complexity index is 995. The normalized spacial score (nSPS) is 15.9. The van der Waals surface area contributed by atoms with Crippen molar-refractivity contribution in [3.05, 3.63) is 53.4 Å². The first kappa shape index (κ1) is 19.3. The predicted molar refractivity (Wildman–Crippen MR) is 104 cm³/mol. The first-order valence-electron chi connectivity index (χ1n) is 9.88. The Balaban J connectivity index is 1.32. The van der Waals surface area contributed by atoms with E-state index in [1.807, 2.05) is 29.9 Å². The van der Waals surface area contributed by atoms with E-state index in [-0.39, 0.29) is 17.8 Å². The molecule has 1 aliphatic rings. The van der Waals surface area contributed by atoms with Crippen molar-refractivity contribution >= 4 is 5.91 Å². The average molecular weight is 397 g/mol. The van der Waals surface area contributed by atoms with Crippen LogP contribution in [0.1, 0.15) is 48.9 Å². The SMILES string of the molecule is CN(C(=O)CCCc1nc(-c2ccc(F)cc2)no1)C1CCCc2c1cnn2C. The third kappa shape index (κ3) is 4.06. The summed E-state index contributed by atoms with van der Waals surface area (Å²) in [4.78, 5) is 18.9. The third-order valence-electron chi connectivity index (χ3n) is 5.56. The van der Waals surface area contributed by atoms with Gasteiger partial charge in [-0.1, -0.05) is 5.16 Å². The standard InChI is InChI=1S/C21H24FN5O2/c1-26(17-5-3-6-18-16(17)13-23-27(18)2)20(28)8-4-7-19-24-21(25-29-19)14-9-11-15(22)12-10-14/h9-13,17H,3-8H2,1-2H3. The Morgan fingerprint density at radius 2 is 2.14 bits per heavy atom. The summed E-state index contributed by atoms with van der Waals surface area (Å²) in [5.41, 5.74) is 3.08. The van der Waals surface area contributed by atoms with E-state index in [4.69, 9.17) is 4.52 Å². The van der Waals surface area contributed by atoms with Crippen LogP contribution < -0.4 is 0 Å². The molecule has 0 N–H and O–H groups in total. The molecule has 1 amide bonds. The molecule has 0 saturated carbocycles. The molecule has 2 heterocycles. The van der Waals surface area contributed by atoms with Gasteiger partial charge in [-0.15, -0.1) is 0 Å². The molecule has 29 heavy (non-hydrogen) atoms. The maximum absolute atomic E-state index is 13.0. The second-order valence-electron chi connectivity index (χ2n) is 7.46. The number of aryl methyl sites for hydroxylation is 2. The van der Waals surface area contributed by atoms with E-state index < -0.39 is 0 Å². The molecule has 0 aliphatic heterocycles. The van der Waals surface area contributed by atoms with E-state index in [1.165, 1.54) is 17.8 Å². The van der Waals surface area contributed by atoms with Crippen LogP contribution in [0.5, 0.6) is 0 Å². The summed E-state index contributed by atoms with van der Waals surface area (Å²) >= 11 is 0. The van der Waals surface area contributed by atoms with Crippen molar-refractivity contribution in [3.8, 4) is 11.4 Å². The number of aromatic nitrogens is 4. The number of benzene rings is 1. The lowest BCUT2D eigenvalue weighted by atomic mass is 9.92. The molecule has 4 rings (SSSR count). The van der Waals surface area contributed by atoms with Gasteiger partial charge in [0.25, 0.3) is 0 Å². The second kappa shape index (κ2) is 8.14. The predicted octanol–water partition coefficient (Wildman–Crippen LogP) is 3.47. The lowest BCUT2D eigenvalue weighted by Gasteiger charge is -2.31. The van der Waals surface area contributed by atoms with Gasteiger partial charge in [0.05, 0.1) is 12.2 Å². The molecule has 1 aromatic carbocycles. The number of amides is 1. The molecule has 3 aromatic rings. The molecule has 2 aromatic heterocycles. The van der Waals surface area contributed by atoms with E-state index in [9.17, 15) is 9.18 Å². The maximum atomic E-state index is 13.0. The van der Waals surface area contributed by atoms with Crippen molar-refractivity contribution in [2.45, 2.75) is 44.6 Å². The summed E-state index contributed by atoms with van der Waals surface area (Å²) in [5.74, 6) is 0.697. The number of hydrogen-bond acceptors (Lipinski definition) is 5.